The van der Waals surface area contributed by atoms with Crippen molar-refractivity contribution in [2.45, 2.75) is 18.7 Å². The van der Waals surface area contributed by atoms with Crippen molar-refractivity contribution in [2.24, 2.45) is 0 Å². The molecule has 0 amide bonds. The van der Waals surface area contributed by atoms with Crippen molar-refractivity contribution >= 4 is 40.2 Å². The predicted molar refractivity (Wildman–Crippen MR) is 64.5 cm³/mol. The van der Waals surface area contributed by atoms with Gasteiger partial charge in [-0.1, -0.05) is 0 Å². The number of halogens is 5. The van der Waals surface area contributed by atoms with Gasteiger partial charge in [0, 0.05) is 15.5 Å². The molecule has 0 atom stereocenters. The average Bonchev–Trinajstić information content (AvgIpc) is 2.19. The standard InChI is InChI=1S/C9H6ClF3INO3/c10-3-4-1-6(18-9(11,12)13)15-5(8(4)14)2-7(16)17/h1H,2-3H2,(H,16,17). The molecular formula is C9H6ClF3INO3. The zero-order chi connectivity index (χ0) is 13.9. The van der Waals surface area contributed by atoms with Crippen molar-refractivity contribution in [1.82, 2.24) is 4.98 Å². The predicted octanol–water partition coefficient (Wildman–Crippen LogP) is 2.95. The minimum Gasteiger partial charge on any atom is -0.481 e. The summed E-state index contributed by atoms with van der Waals surface area (Å²) >= 11 is 7.35. The Hall–Kier alpha value is -0.770. The molecule has 1 aromatic rings. The highest BCUT2D eigenvalue weighted by atomic mass is 127. The molecule has 0 radical (unpaired) electrons. The van der Waals surface area contributed by atoms with Gasteiger partial charge >= 0.3 is 12.3 Å². The third-order valence-corrected chi connectivity index (χ3v) is 3.36. The van der Waals surface area contributed by atoms with Crippen LogP contribution in [0.15, 0.2) is 6.07 Å². The number of aromatic nitrogens is 1. The molecule has 100 valence electrons. The molecule has 0 fully saturated rings. The summed E-state index contributed by atoms with van der Waals surface area (Å²) in [6, 6.07) is 1.04. The molecule has 0 spiro atoms. The number of hydrogen-bond acceptors (Lipinski definition) is 3. The normalized spacial score (nSPS) is 11.4. The molecule has 0 aliphatic rings. The first-order valence-corrected chi connectivity index (χ1v) is 6.06. The average molecular weight is 396 g/mol. The fourth-order valence-electron chi connectivity index (χ4n) is 1.14. The van der Waals surface area contributed by atoms with Crippen LogP contribution in [0.2, 0.25) is 0 Å². The van der Waals surface area contributed by atoms with E-state index in [0.717, 1.165) is 6.07 Å². The van der Waals surface area contributed by atoms with Gasteiger partial charge in [0.2, 0.25) is 5.88 Å². The van der Waals surface area contributed by atoms with Crippen LogP contribution in [-0.2, 0) is 17.1 Å². The maximum Gasteiger partial charge on any atom is 0.574 e. The number of nitrogens with zero attached hydrogens (tertiary/aromatic N) is 1. The maximum atomic E-state index is 12.1. The summed E-state index contributed by atoms with van der Waals surface area (Å²) in [7, 11) is 0. The minimum atomic E-state index is -4.89. The van der Waals surface area contributed by atoms with Crippen molar-refractivity contribution in [2.75, 3.05) is 0 Å². The number of carboxylic acid groups (broad SMARTS) is 1. The molecule has 0 saturated heterocycles. The Bertz CT molecular complexity index is 467. The second-order valence-corrected chi connectivity index (χ2v) is 4.48. The Labute approximate surface area is 118 Å². The van der Waals surface area contributed by atoms with E-state index < -0.39 is 24.6 Å². The second-order valence-electron chi connectivity index (χ2n) is 3.13. The van der Waals surface area contributed by atoms with Gasteiger partial charge in [-0.2, -0.15) is 0 Å². The van der Waals surface area contributed by atoms with E-state index in [-0.39, 0.29) is 11.6 Å². The summed E-state index contributed by atoms with van der Waals surface area (Å²) in [6.45, 7) is 0. The number of ether oxygens (including phenoxy) is 1. The van der Waals surface area contributed by atoms with Crippen molar-refractivity contribution in [3.05, 3.63) is 20.9 Å². The van der Waals surface area contributed by atoms with Crippen molar-refractivity contribution < 1.29 is 27.8 Å². The van der Waals surface area contributed by atoms with Crippen LogP contribution in [0.3, 0.4) is 0 Å². The van der Waals surface area contributed by atoms with E-state index in [4.69, 9.17) is 16.7 Å². The van der Waals surface area contributed by atoms with Gasteiger partial charge in [-0.25, -0.2) is 4.98 Å². The number of hydrogen-bond donors (Lipinski definition) is 1. The fourth-order valence-corrected chi connectivity index (χ4v) is 2.23. The van der Waals surface area contributed by atoms with E-state index in [1.54, 1.807) is 22.6 Å². The highest BCUT2D eigenvalue weighted by Gasteiger charge is 2.32. The van der Waals surface area contributed by atoms with Crippen LogP contribution in [0.4, 0.5) is 13.2 Å². The van der Waals surface area contributed by atoms with Gasteiger partial charge in [0.05, 0.1) is 12.1 Å². The topological polar surface area (TPSA) is 59.4 Å². The van der Waals surface area contributed by atoms with E-state index in [1.165, 1.54) is 0 Å². The smallest absolute Gasteiger partial charge is 0.481 e. The summed E-state index contributed by atoms with van der Waals surface area (Å²) in [6.07, 6.45) is -5.39. The number of aliphatic carboxylic acids is 1. The Morgan fingerprint density at radius 3 is 2.61 bits per heavy atom. The quantitative estimate of drug-likeness (QED) is 0.629. The first kappa shape index (κ1) is 15.3. The van der Waals surface area contributed by atoms with Crippen molar-refractivity contribution in [3.63, 3.8) is 0 Å². The molecule has 1 rings (SSSR count). The lowest BCUT2D eigenvalue weighted by Gasteiger charge is -2.12. The monoisotopic (exact) mass is 395 g/mol. The van der Waals surface area contributed by atoms with Crippen LogP contribution in [-0.4, -0.2) is 22.4 Å². The summed E-state index contributed by atoms with van der Waals surface area (Å²) in [4.78, 5) is 14.1. The van der Waals surface area contributed by atoms with E-state index in [0.29, 0.717) is 9.13 Å². The van der Waals surface area contributed by atoms with Crippen LogP contribution in [0, 0.1) is 3.57 Å². The number of carboxylic acids is 1. The fraction of sp³-hybridized carbons (Fsp3) is 0.333. The minimum absolute atomic E-state index is 0.0134. The largest absolute Gasteiger partial charge is 0.574 e. The molecule has 0 saturated carbocycles. The van der Waals surface area contributed by atoms with Crippen LogP contribution >= 0.6 is 34.2 Å². The van der Waals surface area contributed by atoms with Crippen LogP contribution < -0.4 is 4.74 Å². The molecule has 1 aromatic heterocycles. The molecular weight excluding hydrogens is 389 g/mol. The Balaban J connectivity index is 3.17. The highest BCUT2D eigenvalue weighted by molar-refractivity contribution is 14.1. The molecule has 0 aliphatic carbocycles. The lowest BCUT2D eigenvalue weighted by atomic mass is 10.2. The SMILES string of the molecule is O=C(O)Cc1nc(OC(F)(F)F)cc(CCl)c1I. The van der Waals surface area contributed by atoms with Crippen LogP contribution in [0.25, 0.3) is 0 Å². The molecule has 1 heterocycles. The lowest BCUT2D eigenvalue weighted by molar-refractivity contribution is -0.276. The van der Waals surface area contributed by atoms with E-state index >= 15 is 0 Å². The number of carbonyl (C=O) groups is 1. The third-order valence-electron chi connectivity index (χ3n) is 1.76. The van der Waals surface area contributed by atoms with E-state index in [9.17, 15) is 18.0 Å². The van der Waals surface area contributed by atoms with Gasteiger partial charge in [0.25, 0.3) is 0 Å². The molecule has 0 bridgehead atoms. The summed E-state index contributed by atoms with van der Waals surface area (Å²) in [5, 5.41) is 8.64. The van der Waals surface area contributed by atoms with Gasteiger partial charge < -0.3 is 9.84 Å². The van der Waals surface area contributed by atoms with Crippen LogP contribution in [0.1, 0.15) is 11.3 Å². The van der Waals surface area contributed by atoms with Gasteiger partial charge in [0.15, 0.2) is 0 Å². The zero-order valence-corrected chi connectivity index (χ0v) is 11.5. The lowest BCUT2D eigenvalue weighted by Crippen LogP contribution is -2.19. The number of rotatable bonds is 4. The van der Waals surface area contributed by atoms with Gasteiger partial charge in [-0.15, -0.1) is 24.8 Å². The van der Waals surface area contributed by atoms with E-state index in [2.05, 4.69) is 9.72 Å². The second kappa shape index (κ2) is 5.91. The molecule has 4 nitrogen and oxygen atoms in total. The molecule has 0 aliphatic heterocycles. The molecule has 18 heavy (non-hydrogen) atoms. The molecule has 1 N–H and O–H groups in total. The molecule has 0 aromatic carbocycles. The number of pyridine rings is 1. The third kappa shape index (κ3) is 4.48. The van der Waals surface area contributed by atoms with Crippen LogP contribution in [0.5, 0.6) is 5.88 Å². The Morgan fingerprint density at radius 1 is 1.56 bits per heavy atom. The maximum absolute atomic E-state index is 12.1. The Kier molecular flexibility index (Phi) is 5.02. The van der Waals surface area contributed by atoms with Crippen molar-refractivity contribution in [3.8, 4) is 5.88 Å². The first-order valence-electron chi connectivity index (χ1n) is 4.44. The van der Waals surface area contributed by atoms with Gasteiger partial charge in [-0.3, -0.25) is 4.79 Å². The van der Waals surface area contributed by atoms with E-state index in [1.807, 2.05) is 0 Å². The van der Waals surface area contributed by atoms with Gasteiger partial charge in [-0.05, 0) is 28.2 Å². The first-order chi connectivity index (χ1) is 8.23. The summed E-state index contributed by atoms with van der Waals surface area (Å²) in [5.41, 5.74) is 0.322. The summed E-state index contributed by atoms with van der Waals surface area (Å²) in [5.74, 6) is -1.98. The summed E-state index contributed by atoms with van der Waals surface area (Å²) < 4.78 is 40.2. The molecule has 0 unspecified atom stereocenters. The zero-order valence-electron chi connectivity index (χ0n) is 8.59. The number of alkyl halides is 4. The molecule has 9 heteroatoms. The van der Waals surface area contributed by atoms with Gasteiger partial charge in [0.1, 0.15) is 0 Å². The van der Waals surface area contributed by atoms with Crippen molar-refractivity contribution in [1.29, 1.82) is 0 Å². The highest BCUT2D eigenvalue weighted by Crippen LogP contribution is 2.27. The Morgan fingerprint density at radius 2 is 2.17 bits per heavy atom.